The minimum Gasteiger partial charge on any atom is -0.312 e. The molecule has 1 fully saturated rings. The Morgan fingerprint density at radius 3 is 3.00 bits per heavy atom. The number of aromatic nitrogens is 1. The molecule has 3 rings (SSSR count). The zero-order valence-corrected chi connectivity index (χ0v) is 10.5. The molecule has 96 valence electrons. The number of hydrogen-bond donors (Lipinski definition) is 1. The Morgan fingerprint density at radius 1 is 1.50 bits per heavy atom. The summed E-state index contributed by atoms with van der Waals surface area (Å²) in [6.45, 7) is 1.06. The van der Waals surface area contributed by atoms with E-state index in [2.05, 4.69) is 10.3 Å². The van der Waals surface area contributed by atoms with Crippen LogP contribution in [0.3, 0.4) is 0 Å². The average molecular weight is 267 g/mol. The molecule has 1 amide bonds. The largest absolute Gasteiger partial charge is 0.312 e. The predicted molar refractivity (Wildman–Crippen MR) is 63.5 cm³/mol. The second kappa shape index (κ2) is 4.03. The molecule has 7 heteroatoms. The molecule has 2 aliphatic heterocycles. The quantitative estimate of drug-likeness (QED) is 0.814. The maximum atomic E-state index is 12.2. The fraction of sp³-hybridized carbons (Fsp3) is 0.455. The van der Waals surface area contributed by atoms with Crippen molar-refractivity contribution >= 4 is 15.9 Å². The van der Waals surface area contributed by atoms with Crippen molar-refractivity contribution in [3.05, 3.63) is 23.9 Å². The van der Waals surface area contributed by atoms with Crippen LogP contribution in [0.25, 0.3) is 0 Å². The summed E-state index contributed by atoms with van der Waals surface area (Å²) in [6, 6.07) is 3.13. The molecule has 1 aromatic heterocycles. The monoisotopic (exact) mass is 267 g/mol. The molecule has 0 unspecified atom stereocenters. The Balaban J connectivity index is 1.96. The number of pyridine rings is 1. The number of hydrogen-bond acceptors (Lipinski definition) is 5. The van der Waals surface area contributed by atoms with Crippen LogP contribution in [-0.4, -0.2) is 42.7 Å². The topological polar surface area (TPSA) is 79.4 Å². The third-order valence-electron chi connectivity index (χ3n) is 3.31. The molecule has 1 aromatic rings. The van der Waals surface area contributed by atoms with Gasteiger partial charge in [-0.2, -0.15) is 8.42 Å². The molecule has 2 aliphatic rings. The van der Waals surface area contributed by atoms with E-state index in [9.17, 15) is 13.2 Å². The number of nitrogens with one attached hydrogen (secondary N) is 1. The molecular weight excluding hydrogens is 254 g/mol. The van der Waals surface area contributed by atoms with E-state index in [1.165, 1.54) is 12.3 Å². The molecule has 0 bridgehead atoms. The van der Waals surface area contributed by atoms with Crippen LogP contribution in [0.15, 0.2) is 23.4 Å². The Bertz CT molecular complexity index is 593. The second-order valence-corrected chi connectivity index (χ2v) is 6.27. The van der Waals surface area contributed by atoms with Crippen LogP contribution in [0.5, 0.6) is 0 Å². The highest BCUT2D eigenvalue weighted by Crippen LogP contribution is 2.28. The predicted octanol–water partition coefficient (Wildman–Crippen LogP) is -0.0219. The van der Waals surface area contributed by atoms with Gasteiger partial charge in [0, 0.05) is 12.2 Å². The van der Waals surface area contributed by atoms with Gasteiger partial charge in [-0.05, 0) is 31.5 Å². The number of rotatable bonds is 2. The van der Waals surface area contributed by atoms with Gasteiger partial charge in [0.2, 0.25) is 0 Å². The molecular formula is C11H13N3O3S. The molecule has 1 N–H and O–H groups in total. The summed E-state index contributed by atoms with van der Waals surface area (Å²) in [4.78, 5) is 15.9. The fourth-order valence-electron chi connectivity index (χ4n) is 2.40. The Morgan fingerprint density at radius 2 is 2.33 bits per heavy atom. The van der Waals surface area contributed by atoms with Crippen molar-refractivity contribution in [3.63, 3.8) is 0 Å². The van der Waals surface area contributed by atoms with E-state index in [0.29, 0.717) is 0 Å². The zero-order chi connectivity index (χ0) is 12.8. The second-order valence-electron chi connectivity index (χ2n) is 4.49. The first kappa shape index (κ1) is 11.6. The number of carbonyl (C=O) groups excluding carboxylic acids is 1. The molecule has 6 nitrogen and oxygen atoms in total. The number of carbonyl (C=O) groups is 1. The van der Waals surface area contributed by atoms with Gasteiger partial charge in [-0.15, -0.1) is 0 Å². The Kier molecular flexibility index (Phi) is 2.60. The first-order chi connectivity index (χ1) is 8.60. The van der Waals surface area contributed by atoms with Crippen molar-refractivity contribution in [1.82, 2.24) is 14.6 Å². The lowest BCUT2D eigenvalue weighted by molar-refractivity contribution is 0.0864. The van der Waals surface area contributed by atoms with Gasteiger partial charge in [-0.3, -0.25) is 4.79 Å². The molecule has 18 heavy (non-hydrogen) atoms. The van der Waals surface area contributed by atoms with Gasteiger partial charge >= 0.3 is 0 Å². The summed E-state index contributed by atoms with van der Waals surface area (Å²) in [5.41, 5.74) is 0.176. The summed E-state index contributed by atoms with van der Waals surface area (Å²) >= 11 is 0. The van der Waals surface area contributed by atoms with Crippen molar-refractivity contribution in [3.8, 4) is 0 Å². The zero-order valence-electron chi connectivity index (χ0n) is 9.67. The summed E-state index contributed by atoms with van der Waals surface area (Å²) in [5.74, 6) is -0.466. The third-order valence-corrected chi connectivity index (χ3v) is 5.02. The normalized spacial score (nSPS) is 25.4. The van der Waals surface area contributed by atoms with E-state index < -0.39 is 15.9 Å². The first-order valence-electron chi connectivity index (χ1n) is 5.86. The number of fused-ring (bicyclic) bond motifs is 1. The average Bonchev–Trinajstić information content (AvgIpc) is 2.93. The van der Waals surface area contributed by atoms with Crippen LogP contribution in [-0.2, 0) is 10.0 Å². The third kappa shape index (κ3) is 1.62. The summed E-state index contributed by atoms with van der Waals surface area (Å²) in [7, 11) is -3.75. The maximum Gasteiger partial charge on any atom is 0.285 e. The van der Waals surface area contributed by atoms with Crippen molar-refractivity contribution in [2.45, 2.75) is 23.9 Å². The van der Waals surface area contributed by atoms with Gasteiger partial charge in [0.25, 0.3) is 15.9 Å². The molecule has 0 aliphatic carbocycles. The van der Waals surface area contributed by atoms with Crippen molar-refractivity contribution in [2.75, 3.05) is 13.1 Å². The van der Waals surface area contributed by atoms with Crippen LogP contribution < -0.4 is 5.32 Å². The lowest BCUT2D eigenvalue weighted by Gasteiger charge is -2.19. The summed E-state index contributed by atoms with van der Waals surface area (Å²) in [5, 5.41) is 3.07. The highest BCUT2D eigenvalue weighted by Gasteiger charge is 2.43. The Labute approximate surface area is 105 Å². The summed E-state index contributed by atoms with van der Waals surface area (Å²) < 4.78 is 25.3. The minimum absolute atomic E-state index is 0.0537. The van der Waals surface area contributed by atoms with Crippen LogP contribution in [0.2, 0.25) is 0 Å². The standard InChI is InChI=1S/C11H13N3O3S/c15-11-9-4-2-6-13-10(9)18(16,17)14(11)7-8-3-1-5-12-8/h2,4,6,8,12H,1,3,5,7H2/t8-/m1/s1. The van der Waals surface area contributed by atoms with E-state index in [4.69, 9.17) is 0 Å². The van der Waals surface area contributed by atoms with E-state index in [1.807, 2.05) is 0 Å². The van der Waals surface area contributed by atoms with E-state index in [1.54, 1.807) is 6.07 Å². The highest BCUT2D eigenvalue weighted by atomic mass is 32.2. The summed E-state index contributed by atoms with van der Waals surface area (Å²) in [6.07, 6.45) is 3.29. The SMILES string of the molecule is O=C1c2cccnc2S(=O)(=O)N1C[C@H]1CCCN1. The number of nitrogens with zero attached hydrogens (tertiary/aromatic N) is 2. The molecule has 0 saturated carbocycles. The molecule has 0 aromatic carbocycles. The highest BCUT2D eigenvalue weighted by molar-refractivity contribution is 7.90. The molecule has 3 heterocycles. The molecule has 1 saturated heterocycles. The fourth-order valence-corrected chi connectivity index (χ4v) is 3.93. The van der Waals surface area contributed by atoms with Crippen molar-refractivity contribution < 1.29 is 13.2 Å². The molecule has 0 spiro atoms. The number of sulfonamides is 1. The van der Waals surface area contributed by atoms with Crippen LogP contribution >= 0.6 is 0 Å². The molecule has 1 atom stereocenters. The number of amides is 1. The van der Waals surface area contributed by atoms with Crippen LogP contribution in [0.1, 0.15) is 23.2 Å². The van der Waals surface area contributed by atoms with Gasteiger partial charge in [0.05, 0.1) is 12.1 Å². The van der Waals surface area contributed by atoms with Crippen LogP contribution in [0.4, 0.5) is 0 Å². The lowest BCUT2D eigenvalue weighted by atomic mass is 10.2. The van der Waals surface area contributed by atoms with Gasteiger partial charge < -0.3 is 5.32 Å². The smallest absolute Gasteiger partial charge is 0.285 e. The van der Waals surface area contributed by atoms with Gasteiger partial charge in [-0.25, -0.2) is 9.29 Å². The van der Waals surface area contributed by atoms with Gasteiger partial charge in [0.1, 0.15) is 0 Å². The van der Waals surface area contributed by atoms with Gasteiger partial charge in [-0.1, -0.05) is 0 Å². The first-order valence-corrected chi connectivity index (χ1v) is 7.30. The van der Waals surface area contributed by atoms with E-state index in [-0.39, 0.29) is 23.2 Å². The Hall–Kier alpha value is -1.47. The minimum atomic E-state index is -3.75. The van der Waals surface area contributed by atoms with E-state index >= 15 is 0 Å². The van der Waals surface area contributed by atoms with E-state index in [0.717, 1.165) is 23.7 Å². The van der Waals surface area contributed by atoms with Crippen molar-refractivity contribution in [2.24, 2.45) is 0 Å². The lowest BCUT2D eigenvalue weighted by Crippen LogP contribution is -2.40. The van der Waals surface area contributed by atoms with Crippen molar-refractivity contribution in [1.29, 1.82) is 0 Å². The maximum absolute atomic E-state index is 12.2. The van der Waals surface area contributed by atoms with Crippen LogP contribution in [0, 0.1) is 0 Å². The van der Waals surface area contributed by atoms with Gasteiger partial charge in [0.15, 0.2) is 5.03 Å². The molecule has 0 radical (unpaired) electrons.